The van der Waals surface area contributed by atoms with Gasteiger partial charge in [0.1, 0.15) is 5.82 Å². The van der Waals surface area contributed by atoms with Crippen LogP contribution in [-0.4, -0.2) is 6.10 Å². The second-order valence-corrected chi connectivity index (χ2v) is 8.65. The van der Waals surface area contributed by atoms with Crippen LogP contribution < -0.4 is 0 Å². The van der Waals surface area contributed by atoms with Gasteiger partial charge in [0.15, 0.2) is 0 Å². The Morgan fingerprint density at radius 3 is 2.31 bits per heavy atom. The van der Waals surface area contributed by atoms with Gasteiger partial charge in [-0.2, -0.15) is 0 Å². The number of rotatable bonds is 7. The first-order chi connectivity index (χ1) is 12.7. The fourth-order valence-electron chi connectivity index (χ4n) is 4.87. The summed E-state index contributed by atoms with van der Waals surface area (Å²) in [6, 6.07) is 4.94. The number of allylic oxidation sites excluding steroid dienone is 1. The minimum atomic E-state index is -0.361. The summed E-state index contributed by atoms with van der Waals surface area (Å²) in [6.45, 7) is 4.33. The molecule has 2 fully saturated rings. The Morgan fingerprint density at radius 1 is 1.04 bits per heavy atom. The maximum atomic E-state index is 13.5. The average molecular weight is 379 g/mol. The fourth-order valence-corrected chi connectivity index (χ4v) is 4.99. The van der Waals surface area contributed by atoms with Crippen molar-refractivity contribution in [2.75, 3.05) is 0 Å². The normalized spacial score (nSPS) is 29.5. The fraction of sp³-hybridized carbons (Fsp3) is 0.652. The molecule has 2 aliphatic rings. The molecule has 144 valence electrons. The molecule has 26 heavy (non-hydrogen) atoms. The maximum Gasteiger partial charge on any atom is 0.142 e. The SMILES string of the molecule is C=CCC[C@H]1CC[C@H](C2CCC(OCc3ccc(Cl)c(F)c3)CC2)CC1. The predicted molar refractivity (Wildman–Crippen MR) is 107 cm³/mol. The van der Waals surface area contributed by atoms with Crippen molar-refractivity contribution in [3.8, 4) is 0 Å². The van der Waals surface area contributed by atoms with E-state index in [-0.39, 0.29) is 10.8 Å². The van der Waals surface area contributed by atoms with Gasteiger partial charge in [0.05, 0.1) is 17.7 Å². The van der Waals surface area contributed by atoms with Crippen LogP contribution in [0.25, 0.3) is 0 Å². The molecular formula is C23H32ClFO. The topological polar surface area (TPSA) is 9.23 Å². The third-order valence-electron chi connectivity index (χ3n) is 6.53. The lowest BCUT2D eigenvalue weighted by Gasteiger charge is -2.37. The summed E-state index contributed by atoms with van der Waals surface area (Å²) in [5, 5.41) is 0.175. The molecule has 1 nitrogen and oxygen atoms in total. The van der Waals surface area contributed by atoms with Crippen molar-refractivity contribution < 1.29 is 9.13 Å². The van der Waals surface area contributed by atoms with E-state index in [1.54, 1.807) is 6.07 Å². The molecule has 1 aromatic rings. The van der Waals surface area contributed by atoms with Crippen LogP contribution in [0.15, 0.2) is 30.9 Å². The van der Waals surface area contributed by atoms with E-state index >= 15 is 0 Å². The Kier molecular flexibility index (Phi) is 7.57. The van der Waals surface area contributed by atoms with Crippen molar-refractivity contribution in [2.24, 2.45) is 17.8 Å². The lowest BCUT2D eigenvalue weighted by molar-refractivity contribution is -0.00290. The molecule has 0 spiro atoms. The number of ether oxygens (including phenoxy) is 1. The van der Waals surface area contributed by atoms with Gasteiger partial charge in [0, 0.05) is 0 Å². The molecule has 0 N–H and O–H groups in total. The summed E-state index contributed by atoms with van der Waals surface area (Å²) in [4.78, 5) is 0. The molecule has 2 aliphatic carbocycles. The van der Waals surface area contributed by atoms with Gasteiger partial charge in [-0.25, -0.2) is 4.39 Å². The van der Waals surface area contributed by atoms with Gasteiger partial charge < -0.3 is 4.74 Å². The van der Waals surface area contributed by atoms with Crippen LogP contribution in [-0.2, 0) is 11.3 Å². The van der Waals surface area contributed by atoms with Crippen LogP contribution in [0.4, 0.5) is 4.39 Å². The standard InChI is InChI=1S/C23H32ClFO/c1-2-3-4-17-5-8-19(9-6-17)20-10-12-21(13-11-20)26-16-18-7-14-22(24)23(25)15-18/h2,7,14-15,17,19-21H,1,3-6,8-13,16H2/t17-,19-,20?,21?. The predicted octanol–water partition coefficient (Wildman–Crippen LogP) is 7.33. The highest BCUT2D eigenvalue weighted by Crippen LogP contribution is 2.41. The van der Waals surface area contributed by atoms with Crippen LogP contribution in [0.2, 0.25) is 5.02 Å². The average Bonchev–Trinajstić information content (AvgIpc) is 2.68. The Hall–Kier alpha value is -0.860. The molecule has 3 heteroatoms. The molecule has 1 aromatic carbocycles. The van der Waals surface area contributed by atoms with E-state index in [9.17, 15) is 4.39 Å². The summed E-state index contributed by atoms with van der Waals surface area (Å²) in [7, 11) is 0. The Balaban J connectivity index is 1.36. The molecule has 0 saturated heterocycles. The molecular weight excluding hydrogens is 347 g/mol. The molecule has 0 aromatic heterocycles. The largest absolute Gasteiger partial charge is 0.374 e. The van der Waals surface area contributed by atoms with Crippen LogP contribution in [0.3, 0.4) is 0 Å². The van der Waals surface area contributed by atoms with Gasteiger partial charge in [0.25, 0.3) is 0 Å². The highest BCUT2D eigenvalue weighted by molar-refractivity contribution is 6.30. The van der Waals surface area contributed by atoms with E-state index in [1.165, 1.54) is 57.4 Å². The summed E-state index contributed by atoms with van der Waals surface area (Å²) < 4.78 is 19.5. The molecule has 0 aliphatic heterocycles. The number of hydrogen-bond donors (Lipinski definition) is 0. The monoisotopic (exact) mass is 378 g/mol. The van der Waals surface area contributed by atoms with Crippen molar-refractivity contribution in [3.05, 3.63) is 47.3 Å². The lowest BCUT2D eigenvalue weighted by Crippen LogP contribution is -2.28. The Labute approximate surface area is 163 Å². The van der Waals surface area contributed by atoms with E-state index in [2.05, 4.69) is 12.7 Å². The number of halogens is 2. The van der Waals surface area contributed by atoms with Gasteiger partial charge in [-0.3, -0.25) is 0 Å². The van der Waals surface area contributed by atoms with E-state index in [1.807, 2.05) is 6.07 Å². The third kappa shape index (κ3) is 5.57. The highest BCUT2D eigenvalue weighted by atomic mass is 35.5. The summed E-state index contributed by atoms with van der Waals surface area (Å²) in [5.74, 6) is 2.40. The molecule has 0 bridgehead atoms. The Bertz CT molecular complexity index is 572. The molecule has 0 unspecified atom stereocenters. The number of hydrogen-bond acceptors (Lipinski definition) is 1. The molecule has 2 saturated carbocycles. The lowest BCUT2D eigenvalue weighted by atomic mass is 9.70. The summed E-state index contributed by atoms with van der Waals surface area (Å²) >= 11 is 5.73. The molecule has 0 radical (unpaired) electrons. The molecule has 0 heterocycles. The van der Waals surface area contributed by atoms with Crippen LogP contribution in [0, 0.1) is 23.6 Å². The van der Waals surface area contributed by atoms with Crippen LogP contribution in [0.5, 0.6) is 0 Å². The molecule has 3 rings (SSSR count). The molecule has 0 atom stereocenters. The smallest absolute Gasteiger partial charge is 0.142 e. The van der Waals surface area contributed by atoms with E-state index in [0.717, 1.165) is 36.2 Å². The summed E-state index contributed by atoms with van der Waals surface area (Å²) in [5.41, 5.74) is 0.867. The van der Waals surface area contributed by atoms with Crippen molar-refractivity contribution in [3.63, 3.8) is 0 Å². The van der Waals surface area contributed by atoms with Crippen molar-refractivity contribution >= 4 is 11.6 Å². The minimum absolute atomic E-state index is 0.175. The van der Waals surface area contributed by atoms with Crippen molar-refractivity contribution in [1.82, 2.24) is 0 Å². The van der Waals surface area contributed by atoms with E-state index in [4.69, 9.17) is 16.3 Å². The Morgan fingerprint density at radius 2 is 1.69 bits per heavy atom. The van der Waals surface area contributed by atoms with Crippen molar-refractivity contribution in [1.29, 1.82) is 0 Å². The minimum Gasteiger partial charge on any atom is -0.374 e. The maximum absolute atomic E-state index is 13.5. The zero-order valence-corrected chi connectivity index (χ0v) is 16.5. The van der Waals surface area contributed by atoms with Crippen molar-refractivity contribution in [2.45, 2.75) is 76.9 Å². The van der Waals surface area contributed by atoms with Gasteiger partial charge >= 0.3 is 0 Å². The second kappa shape index (κ2) is 9.90. The molecule has 0 amide bonds. The summed E-state index contributed by atoms with van der Waals surface area (Å²) in [6.07, 6.45) is 15.5. The van der Waals surface area contributed by atoms with E-state index in [0.29, 0.717) is 12.7 Å². The number of benzene rings is 1. The van der Waals surface area contributed by atoms with Crippen LogP contribution >= 0.6 is 11.6 Å². The second-order valence-electron chi connectivity index (χ2n) is 8.24. The first kappa shape index (κ1) is 19.9. The zero-order valence-electron chi connectivity index (χ0n) is 15.8. The van der Waals surface area contributed by atoms with Gasteiger partial charge in [-0.05, 0) is 86.8 Å². The highest BCUT2D eigenvalue weighted by Gasteiger charge is 2.30. The zero-order chi connectivity index (χ0) is 18.4. The van der Waals surface area contributed by atoms with E-state index < -0.39 is 0 Å². The van der Waals surface area contributed by atoms with Crippen LogP contribution in [0.1, 0.15) is 69.8 Å². The first-order valence-electron chi connectivity index (χ1n) is 10.3. The quantitative estimate of drug-likeness (QED) is 0.451. The van der Waals surface area contributed by atoms with Gasteiger partial charge in [0.2, 0.25) is 0 Å². The van der Waals surface area contributed by atoms with Gasteiger partial charge in [-0.1, -0.05) is 36.6 Å². The van der Waals surface area contributed by atoms with Gasteiger partial charge in [-0.15, -0.1) is 6.58 Å². The third-order valence-corrected chi connectivity index (χ3v) is 6.83. The first-order valence-corrected chi connectivity index (χ1v) is 10.7.